The van der Waals surface area contributed by atoms with Crippen LogP contribution in [0.25, 0.3) is 5.82 Å². The highest BCUT2D eigenvalue weighted by Gasteiger charge is 2.30. The summed E-state index contributed by atoms with van der Waals surface area (Å²) in [6, 6.07) is 6.91. The first-order valence-corrected chi connectivity index (χ1v) is 7.40. The van der Waals surface area contributed by atoms with Gasteiger partial charge in [0, 0.05) is 18.8 Å². The maximum atomic E-state index is 12.4. The lowest BCUT2D eigenvalue weighted by Gasteiger charge is -2.17. The molecule has 2 aromatic heterocycles. The number of hydrogen-bond acceptors (Lipinski definition) is 4. The first kappa shape index (κ1) is 15.0. The number of hydrogen-bond donors (Lipinski definition) is 1. The Morgan fingerprint density at radius 2 is 2.22 bits per heavy atom. The molecule has 0 aliphatic carbocycles. The summed E-state index contributed by atoms with van der Waals surface area (Å²) >= 11 is 0. The zero-order valence-electron chi connectivity index (χ0n) is 13.1. The predicted molar refractivity (Wildman–Crippen MR) is 84.1 cm³/mol. The molecule has 0 aromatic carbocycles. The Kier molecular flexibility index (Phi) is 3.96. The number of aromatic nitrogens is 3. The van der Waals surface area contributed by atoms with Crippen molar-refractivity contribution in [2.24, 2.45) is 0 Å². The molecule has 23 heavy (non-hydrogen) atoms. The number of likely N-dealkylation sites (N-methyl/N-ethyl adjacent to an activating group) is 1. The third-order valence-corrected chi connectivity index (χ3v) is 3.62. The predicted octanol–water partition coefficient (Wildman–Crippen LogP) is 1.23. The Morgan fingerprint density at radius 1 is 1.39 bits per heavy atom. The van der Waals surface area contributed by atoms with E-state index in [1.54, 1.807) is 27.9 Å². The van der Waals surface area contributed by atoms with Crippen LogP contribution in [0.3, 0.4) is 0 Å². The van der Waals surface area contributed by atoms with Gasteiger partial charge in [0.15, 0.2) is 5.82 Å². The van der Waals surface area contributed by atoms with Gasteiger partial charge in [-0.1, -0.05) is 6.07 Å². The molecular weight excluding hydrogens is 296 g/mol. The number of nitrogens with one attached hydrogen (secondary N) is 1. The molecule has 3 heterocycles. The van der Waals surface area contributed by atoms with E-state index >= 15 is 0 Å². The highest BCUT2D eigenvalue weighted by Crippen LogP contribution is 2.17. The number of urea groups is 1. The second kappa shape index (κ2) is 6.07. The number of carbonyl (C=O) groups excluding carboxylic acids is 2. The first-order chi connectivity index (χ1) is 11.1. The molecule has 0 spiro atoms. The topological polar surface area (TPSA) is 83.4 Å². The molecular formula is C15H18N6O2. The van der Waals surface area contributed by atoms with Gasteiger partial charge < -0.3 is 4.90 Å². The monoisotopic (exact) mass is 314 g/mol. The van der Waals surface area contributed by atoms with Crippen LogP contribution in [-0.4, -0.2) is 56.3 Å². The van der Waals surface area contributed by atoms with Crippen LogP contribution in [0.2, 0.25) is 0 Å². The molecule has 120 valence electrons. The summed E-state index contributed by atoms with van der Waals surface area (Å²) in [5.41, 5.74) is 0.763. The lowest BCUT2D eigenvalue weighted by Crippen LogP contribution is -2.35. The molecule has 8 nitrogen and oxygen atoms in total. The van der Waals surface area contributed by atoms with Crippen LogP contribution < -0.4 is 5.32 Å². The van der Waals surface area contributed by atoms with E-state index in [0.717, 1.165) is 5.69 Å². The molecule has 1 saturated heterocycles. The van der Waals surface area contributed by atoms with Crippen molar-refractivity contribution in [1.29, 1.82) is 0 Å². The van der Waals surface area contributed by atoms with E-state index in [-0.39, 0.29) is 18.5 Å². The van der Waals surface area contributed by atoms with Gasteiger partial charge in [-0.25, -0.2) is 9.78 Å². The number of carbonyl (C=O) groups is 2. The Labute approximate surface area is 133 Å². The van der Waals surface area contributed by atoms with Crippen LogP contribution in [-0.2, 0) is 4.79 Å². The third kappa shape index (κ3) is 3.01. The fourth-order valence-electron chi connectivity index (χ4n) is 2.44. The summed E-state index contributed by atoms with van der Waals surface area (Å²) in [6.45, 7) is 4.72. The lowest BCUT2D eigenvalue weighted by atomic mass is 10.4. The minimum Gasteiger partial charge on any atom is -0.324 e. The number of pyridine rings is 1. The second-order valence-electron chi connectivity index (χ2n) is 5.29. The minimum atomic E-state index is -0.327. The Balaban J connectivity index is 1.79. The lowest BCUT2D eigenvalue weighted by molar-refractivity contribution is -0.126. The van der Waals surface area contributed by atoms with E-state index in [1.165, 1.54) is 4.90 Å². The maximum Gasteiger partial charge on any atom is 0.324 e. The van der Waals surface area contributed by atoms with Crippen molar-refractivity contribution in [2.45, 2.75) is 13.8 Å². The van der Waals surface area contributed by atoms with Gasteiger partial charge in [-0.2, -0.15) is 9.78 Å². The Bertz CT molecular complexity index is 727. The molecule has 3 rings (SSSR count). The molecule has 0 radical (unpaired) electrons. The highest BCUT2D eigenvalue weighted by atomic mass is 16.2. The van der Waals surface area contributed by atoms with Crippen LogP contribution in [0.15, 0.2) is 30.5 Å². The van der Waals surface area contributed by atoms with Gasteiger partial charge in [0.1, 0.15) is 12.4 Å². The van der Waals surface area contributed by atoms with Gasteiger partial charge in [-0.05, 0) is 26.0 Å². The van der Waals surface area contributed by atoms with E-state index < -0.39 is 0 Å². The van der Waals surface area contributed by atoms with E-state index in [0.29, 0.717) is 24.8 Å². The number of anilines is 1. The van der Waals surface area contributed by atoms with Gasteiger partial charge in [0.05, 0.1) is 12.4 Å². The molecule has 2 aromatic rings. The second-order valence-corrected chi connectivity index (χ2v) is 5.29. The fourth-order valence-corrected chi connectivity index (χ4v) is 2.44. The molecule has 1 fully saturated rings. The maximum absolute atomic E-state index is 12.4. The average Bonchev–Trinajstić information content (AvgIpc) is 3.11. The summed E-state index contributed by atoms with van der Waals surface area (Å²) in [5.74, 6) is 1.09. The summed E-state index contributed by atoms with van der Waals surface area (Å²) in [6.07, 6.45) is 1.66. The first-order valence-electron chi connectivity index (χ1n) is 7.40. The summed E-state index contributed by atoms with van der Waals surface area (Å²) in [5, 5.41) is 7.16. The summed E-state index contributed by atoms with van der Waals surface area (Å²) in [7, 11) is 0. The van der Waals surface area contributed by atoms with Crippen LogP contribution in [0, 0.1) is 6.92 Å². The van der Waals surface area contributed by atoms with Crippen molar-refractivity contribution in [2.75, 3.05) is 25.1 Å². The highest BCUT2D eigenvalue weighted by molar-refractivity contribution is 5.93. The zero-order chi connectivity index (χ0) is 16.4. The van der Waals surface area contributed by atoms with Crippen molar-refractivity contribution in [3.63, 3.8) is 0 Å². The van der Waals surface area contributed by atoms with Gasteiger partial charge >= 0.3 is 6.03 Å². The van der Waals surface area contributed by atoms with Crippen LogP contribution >= 0.6 is 0 Å². The largest absolute Gasteiger partial charge is 0.324 e. The van der Waals surface area contributed by atoms with Crippen LogP contribution in [0.1, 0.15) is 12.6 Å². The molecule has 0 saturated carbocycles. The number of nitrogens with zero attached hydrogens (tertiary/aromatic N) is 5. The molecule has 0 atom stereocenters. The summed E-state index contributed by atoms with van der Waals surface area (Å²) < 4.78 is 1.57. The standard InChI is InChI=1S/C15H18N6O2/c1-3-19-10-20(9-14(19)22)15(23)17-13-8-11(2)18-21(13)12-6-4-5-7-16-12/h4-8H,3,9-10H2,1-2H3,(H,17,23). The number of aryl methyl sites for hydroxylation is 1. The quantitative estimate of drug-likeness (QED) is 0.923. The molecule has 1 aliphatic rings. The fraction of sp³-hybridized carbons (Fsp3) is 0.333. The molecule has 1 aliphatic heterocycles. The summed E-state index contributed by atoms with van der Waals surface area (Å²) in [4.78, 5) is 31.5. The van der Waals surface area contributed by atoms with E-state index in [9.17, 15) is 9.59 Å². The van der Waals surface area contributed by atoms with Gasteiger partial charge in [0.25, 0.3) is 0 Å². The van der Waals surface area contributed by atoms with Gasteiger partial charge in [-0.15, -0.1) is 0 Å². The Hall–Kier alpha value is -2.90. The Morgan fingerprint density at radius 3 is 2.87 bits per heavy atom. The van der Waals surface area contributed by atoms with E-state index in [1.807, 2.05) is 26.0 Å². The minimum absolute atomic E-state index is 0.0444. The number of rotatable bonds is 3. The van der Waals surface area contributed by atoms with Crippen LogP contribution in [0.5, 0.6) is 0 Å². The van der Waals surface area contributed by atoms with E-state index in [4.69, 9.17) is 0 Å². The smallest absolute Gasteiger partial charge is 0.324 e. The van der Waals surface area contributed by atoms with Gasteiger partial charge in [-0.3, -0.25) is 15.0 Å². The number of amides is 3. The molecule has 0 bridgehead atoms. The molecule has 0 unspecified atom stereocenters. The van der Waals surface area contributed by atoms with Crippen molar-refractivity contribution in [3.05, 3.63) is 36.2 Å². The van der Waals surface area contributed by atoms with E-state index in [2.05, 4.69) is 15.4 Å². The van der Waals surface area contributed by atoms with Crippen molar-refractivity contribution in [1.82, 2.24) is 24.6 Å². The van der Waals surface area contributed by atoms with Crippen LogP contribution in [0.4, 0.5) is 10.6 Å². The third-order valence-electron chi connectivity index (χ3n) is 3.62. The molecule has 3 amide bonds. The van der Waals surface area contributed by atoms with Gasteiger partial charge in [0.2, 0.25) is 5.91 Å². The molecule has 8 heteroatoms. The zero-order valence-corrected chi connectivity index (χ0v) is 13.1. The normalized spacial score (nSPS) is 14.4. The van der Waals surface area contributed by atoms with Crippen molar-refractivity contribution in [3.8, 4) is 5.82 Å². The van der Waals surface area contributed by atoms with Crippen molar-refractivity contribution < 1.29 is 9.59 Å². The average molecular weight is 314 g/mol. The molecule has 1 N–H and O–H groups in total. The SMILES string of the molecule is CCN1CN(C(=O)Nc2cc(C)nn2-c2ccccn2)CC1=O. The van der Waals surface area contributed by atoms with Crippen molar-refractivity contribution >= 4 is 17.8 Å².